The number of nitrogens with two attached hydrogens (primary N) is 1. The van der Waals surface area contributed by atoms with E-state index in [0.29, 0.717) is 12.0 Å². The minimum absolute atomic E-state index is 0.267. The number of primary amides is 1. The first-order chi connectivity index (χ1) is 7.33. The third-order valence-electron chi connectivity index (χ3n) is 1.94. The van der Waals surface area contributed by atoms with Crippen molar-refractivity contribution >= 4 is 5.91 Å². The first-order valence-electron chi connectivity index (χ1n) is 4.52. The summed E-state index contributed by atoms with van der Waals surface area (Å²) in [4.78, 5) is 11.0. The zero-order valence-corrected chi connectivity index (χ0v) is 8.47. The second kappa shape index (κ2) is 4.42. The molecule has 1 aromatic rings. The van der Waals surface area contributed by atoms with Gasteiger partial charge < -0.3 is 10.5 Å². The maximum atomic E-state index is 12.0. The Morgan fingerprint density at radius 2 is 2.06 bits per heavy atom. The van der Waals surface area contributed by atoms with Crippen molar-refractivity contribution in [3.8, 4) is 5.75 Å². The molecule has 3 nitrogen and oxygen atoms in total. The van der Waals surface area contributed by atoms with Crippen molar-refractivity contribution < 1.29 is 22.7 Å². The lowest BCUT2D eigenvalue weighted by atomic mass is 10.1. The molecule has 0 radical (unpaired) electrons. The molecule has 0 aromatic heterocycles. The number of carbonyl (C=O) groups excluding carboxylic acids is 1. The fourth-order valence-corrected chi connectivity index (χ4v) is 1.20. The van der Waals surface area contributed by atoms with Crippen molar-refractivity contribution in [2.75, 3.05) is 0 Å². The first kappa shape index (κ1) is 12.4. The Morgan fingerprint density at radius 1 is 1.44 bits per heavy atom. The van der Waals surface area contributed by atoms with Crippen LogP contribution in [0.3, 0.4) is 0 Å². The van der Waals surface area contributed by atoms with Crippen LogP contribution >= 0.6 is 0 Å². The monoisotopic (exact) mass is 233 g/mol. The largest absolute Gasteiger partial charge is 0.573 e. The average molecular weight is 233 g/mol. The van der Waals surface area contributed by atoms with Crippen LogP contribution in [-0.4, -0.2) is 12.3 Å². The van der Waals surface area contributed by atoms with E-state index >= 15 is 0 Å². The van der Waals surface area contributed by atoms with Crippen LogP contribution in [0.4, 0.5) is 13.2 Å². The number of aryl methyl sites for hydroxylation is 1. The number of benzene rings is 1. The molecule has 2 N–H and O–H groups in total. The summed E-state index contributed by atoms with van der Waals surface area (Å²) >= 11 is 0. The van der Waals surface area contributed by atoms with Crippen LogP contribution < -0.4 is 10.5 Å². The number of rotatable bonds is 3. The zero-order chi connectivity index (χ0) is 12.3. The quantitative estimate of drug-likeness (QED) is 0.870. The van der Waals surface area contributed by atoms with E-state index in [1.54, 1.807) is 0 Å². The van der Waals surface area contributed by atoms with Gasteiger partial charge in [0, 0.05) is 0 Å². The fourth-order valence-electron chi connectivity index (χ4n) is 1.20. The molecule has 0 saturated carbocycles. The van der Waals surface area contributed by atoms with E-state index in [4.69, 9.17) is 5.73 Å². The first-order valence-corrected chi connectivity index (χ1v) is 4.52. The summed E-state index contributed by atoms with van der Waals surface area (Å²) in [5.74, 6) is -1.52. The van der Waals surface area contributed by atoms with Crippen molar-refractivity contribution in [3.63, 3.8) is 0 Å². The molecule has 0 heterocycles. The van der Waals surface area contributed by atoms with E-state index < -0.39 is 18.0 Å². The summed E-state index contributed by atoms with van der Waals surface area (Å²) in [5, 5.41) is 0. The molecule has 0 fully saturated rings. The average Bonchev–Trinajstić information content (AvgIpc) is 2.15. The molecule has 6 heteroatoms. The lowest BCUT2D eigenvalue weighted by Crippen LogP contribution is -2.21. The van der Waals surface area contributed by atoms with Gasteiger partial charge in [0.05, 0.1) is 5.56 Å². The van der Waals surface area contributed by atoms with E-state index in [-0.39, 0.29) is 5.56 Å². The van der Waals surface area contributed by atoms with Crippen LogP contribution in [0, 0.1) is 0 Å². The van der Waals surface area contributed by atoms with Gasteiger partial charge in [0.15, 0.2) is 0 Å². The molecule has 88 valence electrons. The third kappa shape index (κ3) is 3.15. The maximum absolute atomic E-state index is 12.0. The van der Waals surface area contributed by atoms with Crippen LogP contribution in [0.2, 0.25) is 0 Å². The molecule has 0 saturated heterocycles. The van der Waals surface area contributed by atoms with Crippen LogP contribution in [-0.2, 0) is 6.42 Å². The number of carbonyl (C=O) groups is 1. The van der Waals surface area contributed by atoms with Gasteiger partial charge in [0.1, 0.15) is 5.75 Å². The third-order valence-corrected chi connectivity index (χ3v) is 1.94. The molecule has 0 bridgehead atoms. The van der Waals surface area contributed by atoms with Crippen LogP contribution in [0.1, 0.15) is 22.8 Å². The highest BCUT2D eigenvalue weighted by atomic mass is 19.4. The second-order valence-electron chi connectivity index (χ2n) is 3.10. The molecule has 1 amide bonds. The highest BCUT2D eigenvalue weighted by molar-refractivity contribution is 5.95. The van der Waals surface area contributed by atoms with E-state index in [2.05, 4.69) is 4.74 Å². The summed E-state index contributed by atoms with van der Waals surface area (Å²) in [6.45, 7) is 1.81. The van der Waals surface area contributed by atoms with E-state index in [9.17, 15) is 18.0 Å². The van der Waals surface area contributed by atoms with Gasteiger partial charge >= 0.3 is 6.36 Å². The SMILES string of the molecule is CCc1ccc(OC(F)(F)F)c(C(N)=O)c1. The summed E-state index contributed by atoms with van der Waals surface area (Å²) in [5.41, 5.74) is 5.42. The molecule has 0 aliphatic carbocycles. The molecule has 16 heavy (non-hydrogen) atoms. The van der Waals surface area contributed by atoms with Crippen LogP contribution in [0.5, 0.6) is 5.75 Å². The number of alkyl halides is 3. The molecular weight excluding hydrogens is 223 g/mol. The molecule has 1 aromatic carbocycles. The molecule has 0 aliphatic heterocycles. The summed E-state index contributed by atoms with van der Waals surface area (Å²) < 4.78 is 39.7. The topological polar surface area (TPSA) is 52.3 Å². The van der Waals surface area contributed by atoms with E-state index in [0.717, 1.165) is 6.07 Å². The van der Waals surface area contributed by atoms with E-state index in [1.165, 1.54) is 12.1 Å². The lowest BCUT2D eigenvalue weighted by molar-refractivity contribution is -0.274. The summed E-state index contributed by atoms with van der Waals surface area (Å²) in [6, 6.07) is 3.84. The molecule has 0 aliphatic rings. The molecule has 0 atom stereocenters. The fraction of sp³-hybridized carbons (Fsp3) is 0.300. The van der Waals surface area contributed by atoms with Gasteiger partial charge in [-0.3, -0.25) is 4.79 Å². The maximum Gasteiger partial charge on any atom is 0.573 e. The highest BCUT2D eigenvalue weighted by Crippen LogP contribution is 2.27. The van der Waals surface area contributed by atoms with Crippen molar-refractivity contribution in [2.24, 2.45) is 5.73 Å². The van der Waals surface area contributed by atoms with Crippen molar-refractivity contribution in [1.82, 2.24) is 0 Å². The van der Waals surface area contributed by atoms with Crippen LogP contribution in [0.15, 0.2) is 18.2 Å². The Hall–Kier alpha value is -1.72. The normalized spacial score (nSPS) is 11.2. The lowest BCUT2D eigenvalue weighted by Gasteiger charge is -2.12. The van der Waals surface area contributed by atoms with Crippen molar-refractivity contribution in [2.45, 2.75) is 19.7 Å². The highest BCUT2D eigenvalue weighted by Gasteiger charge is 2.32. The minimum Gasteiger partial charge on any atom is -0.405 e. The predicted molar refractivity (Wildman–Crippen MR) is 51.0 cm³/mol. The Kier molecular flexibility index (Phi) is 3.41. The Bertz CT molecular complexity index is 402. The summed E-state index contributed by atoms with van der Waals surface area (Å²) in [6.07, 6.45) is -4.25. The predicted octanol–water partition coefficient (Wildman–Crippen LogP) is 2.25. The van der Waals surface area contributed by atoms with Gasteiger partial charge in [-0.15, -0.1) is 13.2 Å². The Balaban J connectivity index is 3.13. The summed E-state index contributed by atoms with van der Waals surface area (Å²) in [7, 11) is 0. The standard InChI is InChI=1S/C10H10F3NO2/c1-2-6-3-4-8(16-10(11,12)13)7(5-6)9(14)15/h3-5H,2H2,1H3,(H2,14,15). The van der Waals surface area contributed by atoms with Gasteiger partial charge in [-0.1, -0.05) is 13.0 Å². The number of hydrogen-bond donors (Lipinski definition) is 1. The van der Waals surface area contributed by atoms with E-state index in [1.807, 2.05) is 6.92 Å². The van der Waals surface area contributed by atoms with Crippen LogP contribution in [0.25, 0.3) is 0 Å². The molecular formula is C10H10F3NO2. The number of hydrogen-bond acceptors (Lipinski definition) is 2. The Labute approximate surface area is 90.0 Å². The van der Waals surface area contributed by atoms with Gasteiger partial charge in [0.2, 0.25) is 0 Å². The van der Waals surface area contributed by atoms with Gasteiger partial charge in [0.25, 0.3) is 5.91 Å². The smallest absolute Gasteiger partial charge is 0.405 e. The van der Waals surface area contributed by atoms with Gasteiger partial charge in [-0.25, -0.2) is 0 Å². The Morgan fingerprint density at radius 3 is 2.50 bits per heavy atom. The zero-order valence-electron chi connectivity index (χ0n) is 8.47. The number of halogens is 3. The molecule has 1 rings (SSSR count). The number of ether oxygens (including phenoxy) is 1. The van der Waals surface area contributed by atoms with Gasteiger partial charge in [-0.2, -0.15) is 0 Å². The van der Waals surface area contributed by atoms with Gasteiger partial charge in [-0.05, 0) is 24.1 Å². The second-order valence-corrected chi connectivity index (χ2v) is 3.10. The van der Waals surface area contributed by atoms with Crippen molar-refractivity contribution in [3.05, 3.63) is 29.3 Å². The minimum atomic E-state index is -4.84. The molecule has 0 spiro atoms. The van der Waals surface area contributed by atoms with Crippen molar-refractivity contribution in [1.29, 1.82) is 0 Å². The number of amides is 1. The molecule has 0 unspecified atom stereocenters.